The molecule has 0 bridgehead atoms. The highest BCUT2D eigenvalue weighted by atomic mass is 19.1. The molecule has 1 rings (SSSR count). The van der Waals surface area contributed by atoms with E-state index in [1.807, 2.05) is 6.92 Å². The van der Waals surface area contributed by atoms with Crippen molar-refractivity contribution < 1.29 is 13.9 Å². The molecule has 112 valence electrons. The zero-order chi connectivity index (χ0) is 15.0. The van der Waals surface area contributed by atoms with E-state index in [9.17, 15) is 9.18 Å². The summed E-state index contributed by atoms with van der Waals surface area (Å²) in [6.07, 6.45) is 2.09. The Hall–Kier alpha value is -1.62. The summed E-state index contributed by atoms with van der Waals surface area (Å²) in [6, 6.07) is 6.26. The van der Waals surface area contributed by atoms with Gasteiger partial charge in [-0.05, 0) is 44.9 Å². The van der Waals surface area contributed by atoms with Crippen LogP contribution < -0.4 is 15.8 Å². The van der Waals surface area contributed by atoms with Crippen molar-refractivity contribution in [3.8, 4) is 5.75 Å². The zero-order valence-electron chi connectivity index (χ0n) is 12.1. The summed E-state index contributed by atoms with van der Waals surface area (Å²) in [4.78, 5) is 11.5. The smallest absolute Gasteiger partial charge is 0.237 e. The minimum absolute atomic E-state index is 0.231. The fourth-order valence-electron chi connectivity index (χ4n) is 1.87. The maximum absolute atomic E-state index is 13.3. The van der Waals surface area contributed by atoms with Crippen molar-refractivity contribution in [3.05, 3.63) is 30.1 Å². The maximum atomic E-state index is 13.3. The minimum atomic E-state index is -0.741. The Kier molecular flexibility index (Phi) is 6.45. The van der Waals surface area contributed by atoms with Crippen LogP contribution in [0.1, 0.15) is 33.1 Å². The van der Waals surface area contributed by atoms with Gasteiger partial charge in [-0.15, -0.1) is 0 Å². The lowest BCUT2D eigenvalue weighted by atomic mass is 9.95. The van der Waals surface area contributed by atoms with E-state index in [1.165, 1.54) is 6.07 Å². The Morgan fingerprint density at radius 3 is 2.75 bits per heavy atom. The second kappa shape index (κ2) is 7.85. The molecule has 1 aromatic rings. The van der Waals surface area contributed by atoms with Gasteiger partial charge in [0.15, 0.2) is 11.6 Å². The Bertz CT molecular complexity index is 440. The highest BCUT2D eigenvalue weighted by Gasteiger charge is 2.29. The third kappa shape index (κ3) is 4.81. The molecule has 4 nitrogen and oxygen atoms in total. The summed E-state index contributed by atoms with van der Waals surface area (Å²) < 4.78 is 18.7. The molecule has 0 heterocycles. The summed E-state index contributed by atoms with van der Waals surface area (Å²) in [7, 11) is 0. The van der Waals surface area contributed by atoms with Crippen molar-refractivity contribution in [2.45, 2.75) is 38.6 Å². The monoisotopic (exact) mass is 282 g/mol. The lowest BCUT2D eigenvalue weighted by Crippen LogP contribution is -2.53. The van der Waals surface area contributed by atoms with Gasteiger partial charge in [-0.2, -0.15) is 0 Å². The maximum Gasteiger partial charge on any atom is 0.237 e. The first-order valence-electron chi connectivity index (χ1n) is 6.92. The predicted octanol–water partition coefficient (Wildman–Crippen LogP) is 2.23. The van der Waals surface area contributed by atoms with Crippen molar-refractivity contribution in [3.63, 3.8) is 0 Å². The lowest BCUT2D eigenvalue weighted by molar-refractivity contribution is -0.124. The number of ether oxygens (including phenoxy) is 1. The van der Waals surface area contributed by atoms with Crippen LogP contribution in [-0.2, 0) is 4.79 Å². The number of rotatable bonds is 9. The molecule has 0 aliphatic rings. The molecule has 0 spiro atoms. The molecule has 1 aromatic carbocycles. The summed E-state index contributed by atoms with van der Waals surface area (Å²) in [5.41, 5.74) is 4.69. The number of primary amides is 1. The Balaban J connectivity index is 2.41. The van der Waals surface area contributed by atoms with Crippen LogP contribution in [0.2, 0.25) is 0 Å². The molecule has 1 amide bonds. The van der Waals surface area contributed by atoms with Crippen LogP contribution in [0, 0.1) is 5.82 Å². The standard InChI is InChI=1S/C15H23FN2O2/c1-3-10-18-15(2,14(17)19)9-6-11-20-13-8-5-4-7-12(13)16/h4-5,7-8,18H,3,6,9-11H2,1-2H3,(H2,17,19). The van der Waals surface area contributed by atoms with Crippen molar-refractivity contribution in [2.24, 2.45) is 5.73 Å². The van der Waals surface area contributed by atoms with Gasteiger partial charge in [0.05, 0.1) is 12.1 Å². The third-order valence-corrected chi connectivity index (χ3v) is 3.22. The molecule has 1 atom stereocenters. The largest absolute Gasteiger partial charge is 0.491 e. The van der Waals surface area contributed by atoms with Gasteiger partial charge in [-0.1, -0.05) is 19.1 Å². The summed E-state index contributed by atoms with van der Waals surface area (Å²) in [5.74, 6) is -0.527. The van der Waals surface area contributed by atoms with Gasteiger partial charge in [0.1, 0.15) is 0 Å². The molecule has 1 unspecified atom stereocenters. The molecule has 0 fully saturated rings. The average Bonchev–Trinajstić information content (AvgIpc) is 2.43. The zero-order valence-corrected chi connectivity index (χ0v) is 12.1. The number of amides is 1. The molecule has 3 N–H and O–H groups in total. The van der Waals surface area contributed by atoms with Gasteiger partial charge in [-0.25, -0.2) is 4.39 Å². The molecule has 0 aliphatic carbocycles. The fraction of sp³-hybridized carbons (Fsp3) is 0.533. The van der Waals surface area contributed by atoms with Crippen molar-refractivity contribution >= 4 is 5.91 Å². The van der Waals surface area contributed by atoms with E-state index in [0.29, 0.717) is 19.4 Å². The van der Waals surface area contributed by atoms with Crippen LogP contribution in [0.4, 0.5) is 4.39 Å². The number of carbonyl (C=O) groups is 1. The average molecular weight is 282 g/mol. The molecule has 5 heteroatoms. The number of carbonyl (C=O) groups excluding carboxylic acids is 1. The van der Waals surface area contributed by atoms with Crippen molar-refractivity contribution in [2.75, 3.05) is 13.2 Å². The molecule has 20 heavy (non-hydrogen) atoms. The van der Waals surface area contributed by atoms with Gasteiger partial charge in [-0.3, -0.25) is 4.79 Å². The highest BCUT2D eigenvalue weighted by Crippen LogP contribution is 2.17. The van der Waals surface area contributed by atoms with E-state index in [4.69, 9.17) is 10.5 Å². The van der Waals surface area contributed by atoms with E-state index in [2.05, 4.69) is 5.32 Å². The van der Waals surface area contributed by atoms with Gasteiger partial charge < -0.3 is 15.8 Å². The van der Waals surface area contributed by atoms with Gasteiger partial charge >= 0.3 is 0 Å². The van der Waals surface area contributed by atoms with Gasteiger partial charge in [0.2, 0.25) is 5.91 Å². The van der Waals surface area contributed by atoms with E-state index in [-0.39, 0.29) is 17.5 Å². The topological polar surface area (TPSA) is 64.3 Å². The Morgan fingerprint density at radius 1 is 1.45 bits per heavy atom. The molecule has 0 aromatic heterocycles. The lowest BCUT2D eigenvalue weighted by Gasteiger charge is -2.27. The molecule has 0 saturated heterocycles. The second-order valence-electron chi connectivity index (χ2n) is 5.01. The van der Waals surface area contributed by atoms with Crippen molar-refractivity contribution in [1.82, 2.24) is 5.32 Å². The third-order valence-electron chi connectivity index (χ3n) is 3.22. The first kappa shape index (κ1) is 16.4. The van der Waals surface area contributed by atoms with Gasteiger partial charge in [0, 0.05) is 0 Å². The number of benzene rings is 1. The van der Waals surface area contributed by atoms with E-state index >= 15 is 0 Å². The molecule has 0 aliphatic heterocycles. The molecule has 0 saturated carbocycles. The van der Waals surface area contributed by atoms with Crippen LogP contribution in [0.5, 0.6) is 5.75 Å². The predicted molar refractivity (Wildman–Crippen MR) is 77.0 cm³/mol. The molecule has 0 radical (unpaired) electrons. The number of hydrogen-bond acceptors (Lipinski definition) is 3. The van der Waals surface area contributed by atoms with Crippen LogP contribution in [0.25, 0.3) is 0 Å². The number of hydrogen-bond donors (Lipinski definition) is 2. The van der Waals surface area contributed by atoms with Crippen LogP contribution in [-0.4, -0.2) is 24.6 Å². The number of nitrogens with one attached hydrogen (secondary N) is 1. The van der Waals surface area contributed by atoms with Crippen molar-refractivity contribution in [1.29, 1.82) is 0 Å². The molecular weight excluding hydrogens is 259 g/mol. The Labute approximate surface area is 119 Å². The van der Waals surface area contributed by atoms with Gasteiger partial charge in [0.25, 0.3) is 0 Å². The first-order valence-corrected chi connectivity index (χ1v) is 6.92. The normalized spacial score (nSPS) is 13.8. The highest BCUT2D eigenvalue weighted by molar-refractivity contribution is 5.84. The van der Waals surface area contributed by atoms with Crippen LogP contribution in [0.15, 0.2) is 24.3 Å². The quantitative estimate of drug-likeness (QED) is 0.683. The van der Waals surface area contributed by atoms with Crippen LogP contribution >= 0.6 is 0 Å². The summed E-state index contributed by atoms with van der Waals surface area (Å²) >= 11 is 0. The molecular formula is C15H23FN2O2. The Morgan fingerprint density at radius 2 is 2.15 bits per heavy atom. The number of para-hydroxylation sites is 1. The summed E-state index contributed by atoms with van der Waals surface area (Å²) in [6.45, 7) is 4.88. The first-order chi connectivity index (χ1) is 9.49. The minimum Gasteiger partial charge on any atom is -0.491 e. The van der Waals surface area contributed by atoms with E-state index in [1.54, 1.807) is 25.1 Å². The second-order valence-corrected chi connectivity index (χ2v) is 5.01. The SMILES string of the molecule is CCCNC(C)(CCCOc1ccccc1F)C(N)=O. The number of nitrogens with two attached hydrogens (primary N) is 1. The number of halogens is 1. The fourth-order valence-corrected chi connectivity index (χ4v) is 1.87. The summed E-state index contributed by atoms with van der Waals surface area (Å²) in [5, 5.41) is 3.15. The van der Waals surface area contributed by atoms with Crippen LogP contribution in [0.3, 0.4) is 0 Å². The van der Waals surface area contributed by atoms with E-state index < -0.39 is 5.54 Å². The van der Waals surface area contributed by atoms with E-state index in [0.717, 1.165) is 13.0 Å².